The van der Waals surface area contributed by atoms with E-state index in [-0.39, 0.29) is 12.5 Å². The fraction of sp³-hybridized carbons (Fsp3) is 0.364. The third kappa shape index (κ3) is 5.63. The number of nitrogens with one attached hydrogen (secondary N) is 1. The van der Waals surface area contributed by atoms with Crippen LogP contribution in [0.3, 0.4) is 0 Å². The second-order valence-corrected chi connectivity index (χ2v) is 7.80. The number of benzene rings is 2. The molecule has 7 nitrogen and oxygen atoms in total. The molecule has 0 fully saturated rings. The van der Waals surface area contributed by atoms with Crippen molar-refractivity contribution in [1.82, 2.24) is 0 Å². The van der Waals surface area contributed by atoms with Gasteiger partial charge in [-0.1, -0.05) is 17.7 Å². The van der Waals surface area contributed by atoms with Crippen LogP contribution in [-0.4, -0.2) is 37.4 Å². The van der Waals surface area contributed by atoms with Crippen LogP contribution < -0.4 is 19.7 Å². The van der Waals surface area contributed by atoms with Crippen molar-refractivity contribution in [3.8, 4) is 11.5 Å². The monoisotopic (exact) mass is 398 g/mol. The number of nitrogens with zero attached hydrogens (tertiary/aromatic N) is 1. The Morgan fingerprint density at radius 2 is 1.90 bits per heavy atom. The van der Waals surface area contributed by atoms with Crippen molar-refractivity contribution in [3.63, 3.8) is 0 Å². The summed E-state index contributed by atoms with van der Waals surface area (Å²) in [5.74, 6) is 1.16. The molecule has 3 rings (SSSR count). The first-order valence-electron chi connectivity index (χ1n) is 9.48. The molecule has 1 heterocycles. The van der Waals surface area contributed by atoms with Crippen molar-refractivity contribution in [2.24, 2.45) is 0 Å². The van der Waals surface area contributed by atoms with Gasteiger partial charge in [0.05, 0.1) is 12.2 Å². The van der Waals surface area contributed by atoms with E-state index in [1.165, 1.54) is 0 Å². The molecule has 0 saturated carbocycles. The summed E-state index contributed by atoms with van der Waals surface area (Å²) in [4.78, 5) is 26.0. The molecule has 0 saturated heterocycles. The molecule has 0 unspecified atom stereocenters. The molecule has 0 atom stereocenters. The average Bonchev–Trinajstić information content (AvgIpc) is 2.63. The fourth-order valence-electron chi connectivity index (χ4n) is 2.84. The van der Waals surface area contributed by atoms with Crippen LogP contribution in [0.15, 0.2) is 42.5 Å². The third-order valence-electron chi connectivity index (χ3n) is 4.15. The highest BCUT2D eigenvalue weighted by atomic mass is 16.6. The first kappa shape index (κ1) is 20.5. The molecule has 0 aliphatic carbocycles. The summed E-state index contributed by atoms with van der Waals surface area (Å²) >= 11 is 0. The maximum atomic E-state index is 12.4. The zero-order valence-electron chi connectivity index (χ0n) is 17.2. The van der Waals surface area contributed by atoms with Gasteiger partial charge in [0.2, 0.25) is 0 Å². The lowest BCUT2D eigenvalue weighted by atomic mass is 10.2. The number of hydrogen-bond donors (Lipinski definition) is 1. The van der Waals surface area contributed by atoms with Gasteiger partial charge in [-0.05, 0) is 58.0 Å². The minimum absolute atomic E-state index is 0.0314. The average molecular weight is 398 g/mol. The fourth-order valence-corrected chi connectivity index (χ4v) is 2.84. The smallest absolute Gasteiger partial charge is 0.412 e. The molecule has 1 aliphatic heterocycles. The Morgan fingerprint density at radius 3 is 2.59 bits per heavy atom. The molecular formula is C22H26N2O5. The Hall–Kier alpha value is -3.22. The van der Waals surface area contributed by atoms with Gasteiger partial charge in [-0.2, -0.15) is 0 Å². The number of ether oxygens (including phenoxy) is 3. The predicted molar refractivity (Wildman–Crippen MR) is 111 cm³/mol. The molecule has 0 spiro atoms. The van der Waals surface area contributed by atoms with Crippen molar-refractivity contribution in [3.05, 3.63) is 48.0 Å². The Morgan fingerprint density at radius 1 is 1.17 bits per heavy atom. The number of anilines is 2. The summed E-state index contributed by atoms with van der Waals surface area (Å²) in [6.07, 6.45) is -0.560. The van der Waals surface area contributed by atoms with E-state index >= 15 is 0 Å². The van der Waals surface area contributed by atoms with Crippen LogP contribution in [0, 0.1) is 6.92 Å². The lowest BCUT2D eigenvalue weighted by Crippen LogP contribution is -2.41. The summed E-state index contributed by atoms with van der Waals surface area (Å²) in [5, 5.41) is 2.69. The van der Waals surface area contributed by atoms with Gasteiger partial charge in [-0.25, -0.2) is 4.79 Å². The Balaban J connectivity index is 1.69. The van der Waals surface area contributed by atoms with Crippen molar-refractivity contribution in [1.29, 1.82) is 0 Å². The van der Waals surface area contributed by atoms with Crippen molar-refractivity contribution < 1.29 is 23.8 Å². The van der Waals surface area contributed by atoms with E-state index < -0.39 is 11.7 Å². The molecule has 154 valence electrons. The van der Waals surface area contributed by atoms with Gasteiger partial charge in [0.25, 0.3) is 5.91 Å². The van der Waals surface area contributed by atoms with Crippen LogP contribution in [0.1, 0.15) is 26.3 Å². The number of fused-ring (bicyclic) bond motifs is 1. The van der Waals surface area contributed by atoms with E-state index in [0.29, 0.717) is 30.3 Å². The molecule has 1 N–H and O–H groups in total. The Labute approximate surface area is 170 Å². The van der Waals surface area contributed by atoms with Crippen molar-refractivity contribution in [2.75, 3.05) is 30.0 Å². The first-order chi connectivity index (χ1) is 13.7. The first-order valence-corrected chi connectivity index (χ1v) is 9.48. The molecule has 0 aromatic heterocycles. The van der Waals surface area contributed by atoms with E-state index in [9.17, 15) is 9.59 Å². The van der Waals surface area contributed by atoms with Crippen LogP contribution in [-0.2, 0) is 9.53 Å². The number of amides is 2. The highest BCUT2D eigenvalue weighted by Gasteiger charge is 2.26. The van der Waals surface area contributed by atoms with Crippen LogP contribution >= 0.6 is 0 Å². The van der Waals surface area contributed by atoms with Gasteiger partial charge >= 0.3 is 6.09 Å². The maximum Gasteiger partial charge on any atom is 0.412 e. The third-order valence-corrected chi connectivity index (χ3v) is 4.15. The second kappa shape index (κ2) is 8.43. The van der Waals surface area contributed by atoms with E-state index in [2.05, 4.69) is 5.32 Å². The van der Waals surface area contributed by atoms with Crippen LogP contribution in [0.2, 0.25) is 0 Å². The molecule has 2 amide bonds. The summed E-state index contributed by atoms with van der Waals surface area (Å²) in [5.41, 5.74) is 1.65. The van der Waals surface area contributed by atoms with Crippen molar-refractivity contribution in [2.45, 2.75) is 33.3 Å². The SMILES string of the molecule is Cc1ccc(OCCN2C(=O)COc3ccc(NC(=O)OC(C)(C)C)cc32)cc1. The summed E-state index contributed by atoms with van der Waals surface area (Å²) in [6.45, 7) is 8.05. The van der Waals surface area contributed by atoms with Gasteiger partial charge in [0, 0.05) is 5.69 Å². The lowest BCUT2D eigenvalue weighted by molar-refractivity contribution is -0.121. The molecule has 0 radical (unpaired) electrons. The minimum atomic E-state index is -0.600. The minimum Gasteiger partial charge on any atom is -0.492 e. The quantitative estimate of drug-likeness (QED) is 0.819. The Bertz CT molecular complexity index is 887. The van der Waals surface area contributed by atoms with Gasteiger partial charge in [-0.15, -0.1) is 0 Å². The number of carbonyl (C=O) groups excluding carboxylic acids is 2. The number of aryl methyl sites for hydroxylation is 1. The summed E-state index contributed by atoms with van der Waals surface area (Å²) < 4.78 is 16.5. The molecule has 29 heavy (non-hydrogen) atoms. The van der Waals surface area contributed by atoms with E-state index in [0.717, 1.165) is 11.3 Å². The van der Waals surface area contributed by atoms with E-state index in [1.54, 1.807) is 43.9 Å². The maximum absolute atomic E-state index is 12.4. The number of rotatable bonds is 5. The molecule has 2 aromatic carbocycles. The second-order valence-electron chi connectivity index (χ2n) is 7.80. The molecule has 2 aromatic rings. The highest BCUT2D eigenvalue weighted by molar-refractivity contribution is 5.99. The zero-order valence-corrected chi connectivity index (χ0v) is 17.2. The normalized spacial score (nSPS) is 13.4. The molecule has 0 bridgehead atoms. The van der Waals surface area contributed by atoms with E-state index in [4.69, 9.17) is 14.2 Å². The van der Waals surface area contributed by atoms with Gasteiger partial charge in [-0.3, -0.25) is 10.1 Å². The molecule has 7 heteroatoms. The largest absolute Gasteiger partial charge is 0.492 e. The van der Waals surface area contributed by atoms with Gasteiger partial charge < -0.3 is 19.1 Å². The lowest BCUT2D eigenvalue weighted by Gasteiger charge is -2.30. The molecular weight excluding hydrogens is 372 g/mol. The number of hydrogen-bond acceptors (Lipinski definition) is 5. The topological polar surface area (TPSA) is 77.1 Å². The van der Waals surface area contributed by atoms with E-state index in [1.807, 2.05) is 31.2 Å². The summed E-state index contributed by atoms with van der Waals surface area (Å²) in [7, 11) is 0. The van der Waals surface area contributed by atoms with Crippen LogP contribution in [0.4, 0.5) is 16.2 Å². The Kier molecular flexibility index (Phi) is 5.96. The standard InChI is InChI=1S/C22H26N2O5/c1-15-5-8-17(9-6-15)27-12-11-24-18-13-16(23-21(26)29-22(2,3)4)7-10-19(18)28-14-20(24)25/h5-10,13H,11-12,14H2,1-4H3,(H,23,26). The molecule has 1 aliphatic rings. The van der Waals surface area contributed by atoms with Crippen LogP contribution in [0.25, 0.3) is 0 Å². The van der Waals surface area contributed by atoms with Gasteiger partial charge in [0.15, 0.2) is 6.61 Å². The van der Waals surface area contributed by atoms with Gasteiger partial charge in [0.1, 0.15) is 23.7 Å². The highest BCUT2D eigenvalue weighted by Crippen LogP contribution is 2.34. The summed E-state index contributed by atoms with van der Waals surface area (Å²) in [6, 6.07) is 12.9. The van der Waals surface area contributed by atoms with Crippen LogP contribution in [0.5, 0.6) is 11.5 Å². The zero-order chi connectivity index (χ0) is 21.0. The predicted octanol–water partition coefficient (Wildman–Crippen LogP) is 4.15. The number of carbonyl (C=O) groups is 2. The van der Waals surface area contributed by atoms with Crippen molar-refractivity contribution >= 4 is 23.4 Å².